The van der Waals surface area contributed by atoms with Crippen LogP contribution in [-0.2, 0) is 4.79 Å². The molecule has 1 heteroatoms. The lowest BCUT2D eigenvalue weighted by molar-refractivity contribution is -0.119. The van der Waals surface area contributed by atoms with Gasteiger partial charge in [-0.25, -0.2) is 0 Å². The van der Waals surface area contributed by atoms with Crippen LogP contribution in [0.1, 0.15) is 19.3 Å². The third-order valence-corrected chi connectivity index (χ3v) is 1.62. The first-order valence-electron chi connectivity index (χ1n) is 2.85. The summed E-state index contributed by atoms with van der Waals surface area (Å²) in [5.74, 6) is 2.35. The molecule has 0 aromatic carbocycles. The summed E-state index contributed by atoms with van der Waals surface area (Å²) in [5.41, 5.74) is 0. The molecule has 1 aliphatic carbocycles. The van der Waals surface area contributed by atoms with Crippen LogP contribution in [-0.4, -0.2) is 5.78 Å². The third-order valence-electron chi connectivity index (χ3n) is 1.62. The number of carbonyl (C=O) groups is 1. The Morgan fingerprint density at radius 1 is 1.62 bits per heavy atom. The highest BCUT2D eigenvalue weighted by molar-refractivity contribution is 5.97. The van der Waals surface area contributed by atoms with Gasteiger partial charge in [-0.3, -0.25) is 4.79 Å². The highest BCUT2D eigenvalue weighted by Gasteiger charge is 2.22. The standard InChI is InChI=1S/C7H8O/c1-2-7(8)6-4-3-5-6/h1,6H,3-5H2. The van der Waals surface area contributed by atoms with Gasteiger partial charge in [-0.15, -0.1) is 6.42 Å². The van der Waals surface area contributed by atoms with E-state index >= 15 is 0 Å². The maximum Gasteiger partial charge on any atom is 0.208 e. The number of hydrogen-bond donors (Lipinski definition) is 0. The molecule has 1 saturated carbocycles. The van der Waals surface area contributed by atoms with Crippen molar-refractivity contribution in [3.8, 4) is 12.3 Å². The van der Waals surface area contributed by atoms with E-state index in [9.17, 15) is 4.79 Å². The summed E-state index contributed by atoms with van der Waals surface area (Å²) < 4.78 is 0. The zero-order valence-corrected chi connectivity index (χ0v) is 4.68. The van der Waals surface area contributed by atoms with Gasteiger partial charge in [0, 0.05) is 5.92 Å². The summed E-state index contributed by atoms with van der Waals surface area (Å²) in [6, 6.07) is 0. The Labute approximate surface area is 49.1 Å². The molecule has 0 saturated heterocycles. The van der Waals surface area contributed by atoms with Crippen LogP contribution in [0.4, 0.5) is 0 Å². The van der Waals surface area contributed by atoms with Crippen molar-refractivity contribution in [2.24, 2.45) is 5.92 Å². The smallest absolute Gasteiger partial charge is 0.208 e. The Morgan fingerprint density at radius 2 is 2.25 bits per heavy atom. The fourth-order valence-electron chi connectivity index (χ4n) is 0.788. The molecule has 0 aromatic rings. The normalized spacial score (nSPS) is 18.9. The van der Waals surface area contributed by atoms with E-state index < -0.39 is 0 Å². The average Bonchev–Trinajstić information content (AvgIpc) is 1.62. The highest BCUT2D eigenvalue weighted by atomic mass is 16.1. The molecule has 0 aliphatic heterocycles. The van der Waals surface area contributed by atoms with Gasteiger partial charge in [0.15, 0.2) is 0 Å². The van der Waals surface area contributed by atoms with Crippen molar-refractivity contribution in [1.29, 1.82) is 0 Å². The van der Waals surface area contributed by atoms with Gasteiger partial charge in [-0.2, -0.15) is 0 Å². The second kappa shape index (κ2) is 2.00. The molecule has 0 N–H and O–H groups in total. The van der Waals surface area contributed by atoms with E-state index in [1.807, 2.05) is 0 Å². The molecular weight excluding hydrogens is 100 g/mol. The van der Waals surface area contributed by atoms with E-state index in [0.29, 0.717) is 0 Å². The van der Waals surface area contributed by atoms with E-state index in [4.69, 9.17) is 6.42 Å². The van der Waals surface area contributed by atoms with Crippen molar-refractivity contribution in [1.82, 2.24) is 0 Å². The first kappa shape index (κ1) is 5.37. The fourth-order valence-corrected chi connectivity index (χ4v) is 0.788. The largest absolute Gasteiger partial charge is 0.285 e. The molecule has 0 unspecified atom stereocenters. The molecule has 0 aromatic heterocycles. The number of ketones is 1. The Balaban J connectivity index is 2.37. The lowest BCUT2D eigenvalue weighted by atomic mass is 9.82. The molecule has 1 nitrogen and oxygen atoms in total. The topological polar surface area (TPSA) is 17.1 Å². The van der Waals surface area contributed by atoms with Gasteiger partial charge in [0.25, 0.3) is 0 Å². The summed E-state index contributed by atoms with van der Waals surface area (Å²) in [5, 5.41) is 0. The summed E-state index contributed by atoms with van der Waals surface area (Å²) in [4.78, 5) is 10.6. The minimum absolute atomic E-state index is 0.00347. The lowest BCUT2D eigenvalue weighted by Crippen LogP contribution is -2.19. The number of rotatable bonds is 1. The third kappa shape index (κ3) is 0.742. The van der Waals surface area contributed by atoms with E-state index in [0.717, 1.165) is 12.8 Å². The second-order valence-electron chi connectivity index (χ2n) is 2.14. The van der Waals surface area contributed by atoms with Gasteiger partial charge in [-0.1, -0.05) is 6.42 Å². The Kier molecular flexibility index (Phi) is 1.34. The van der Waals surface area contributed by atoms with Gasteiger partial charge in [0.05, 0.1) is 0 Å². The molecule has 0 bridgehead atoms. The van der Waals surface area contributed by atoms with Gasteiger partial charge >= 0.3 is 0 Å². The molecular formula is C7H8O. The van der Waals surface area contributed by atoms with Crippen LogP contribution in [0.5, 0.6) is 0 Å². The van der Waals surface area contributed by atoms with Gasteiger partial charge in [0.2, 0.25) is 5.78 Å². The molecule has 1 aliphatic rings. The Bertz CT molecular complexity index is 137. The zero-order valence-electron chi connectivity index (χ0n) is 4.68. The van der Waals surface area contributed by atoms with Gasteiger partial charge in [0.1, 0.15) is 0 Å². The summed E-state index contributed by atoms with van der Waals surface area (Å²) >= 11 is 0. The van der Waals surface area contributed by atoms with Gasteiger partial charge < -0.3 is 0 Å². The fraction of sp³-hybridized carbons (Fsp3) is 0.571. The van der Waals surface area contributed by atoms with Crippen molar-refractivity contribution in [3.05, 3.63) is 0 Å². The minimum atomic E-state index is -0.00347. The summed E-state index contributed by atoms with van der Waals surface area (Å²) in [6.07, 6.45) is 8.10. The van der Waals surface area contributed by atoms with Crippen molar-refractivity contribution in [2.45, 2.75) is 19.3 Å². The first-order chi connectivity index (χ1) is 3.84. The molecule has 0 radical (unpaired) electrons. The van der Waals surface area contributed by atoms with Crippen molar-refractivity contribution in [3.63, 3.8) is 0 Å². The average molecular weight is 108 g/mol. The predicted octanol–water partition coefficient (Wildman–Crippen LogP) is 0.989. The molecule has 42 valence electrons. The molecule has 0 spiro atoms. The molecule has 0 amide bonds. The first-order valence-corrected chi connectivity index (χ1v) is 2.85. The number of Topliss-reactive ketones (excluding diaryl/α,β-unsaturated/α-hetero) is 1. The summed E-state index contributed by atoms with van der Waals surface area (Å²) in [6.45, 7) is 0. The molecule has 1 rings (SSSR count). The highest BCUT2D eigenvalue weighted by Crippen LogP contribution is 2.26. The van der Waals surface area contributed by atoms with Gasteiger partial charge in [-0.05, 0) is 18.8 Å². The van der Waals surface area contributed by atoms with Crippen LogP contribution >= 0.6 is 0 Å². The second-order valence-corrected chi connectivity index (χ2v) is 2.14. The molecule has 1 fully saturated rings. The van der Waals surface area contributed by atoms with Crippen LogP contribution in [0.2, 0.25) is 0 Å². The maximum absolute atomic E-state index is 10.6. The monoisotopic (exact) mass is 108 g/mol. The summed E-state index contributed by atoms with van der Waals surface area (Å²) in [7, 11) is 0. The van der Waals surface area contributed by atoms with Crippen LogP contribution in [0, 0.1) is 18.3 Å². The number of carbonyl (C=O) groups excluding carboxylic acids is 1. The molecule has 0 heterocycles. The Hall–Kier alpha value is -0.770. The van der Waals surface area contributed by atoms with E-state index in [1.54, 1.807) is 0 Å². The van der Waals surface area contributed by atoms with Crippen molar-refractivity contribution < 1.29 is 4.79 Å². The van der Waals surface area contributed by atoms with Crippen LogP contribution < -0.4 is 0 Å². The maximum atomic E-state index is 10.6. The minimum Gasteiger partial charge on any atom is -0.285 e. The van der Waals surface area contributed by atoms with Crippen LogP contribution in [0.3, 0.4) is 0 Å². The lowest BCUT2D eigenvalue weighted by Gasteiger charge is -2.20. The quantitative estimate of drug-likeness (QED) is 0.361. The molecule has 8 heavy (non-hydrogen) atoms. The van der Waals surface area contributed by atoms with Crippen LogP contribution in [0.25, 0.3) is 0 Å². The molecule has 0 atom stereocenters. The number of hydrogen-bond acceptors (Lipinski definition) is 1. The number of terminal acetylenes is 1. The SMILES string of the molecule is C#CC(=O)C1CCC1. The van der Waals surface area contributed by atoms with E-state index in [-0.39, 0.29) is 11.7 Å². The van der Waals surface area contributed by atoms with Crippen molar-refractivity contribution in [2.75, 3.05) is 0 Å². The zero-order chi connectivity index (χ0) is 5.98. The van der Waals surface area contributed by atoms with Crippen molar-refractivity contribution >= 4 is 5.78 Å². The van der Waals surface area contributed by atoms with E-state index in [2.05, 4.69) is 5.92 Å². The predicted molar refractivity (Wildman–Crippen MR) is 31.2 cm³/mol. The Morgan fingerprint density at radius 3 is 2.38 bits per heavy atom. The van der Waals surface area contributed by atoms with E-state index in [1.165, 1.54) is 6.42 Å². The van der Waals surface area contributed by atoms with Crippen LogP contribution in [0.15, 0.2) is 0 Å².